The highest BCUT2D eigenvalue weighted by Gasteiger charge is 2.05. The molecule has 16 heavy (non-hydrogen) atoms. The molecule has 0 saturated heterocycles. The molecule has 2 heterocycles. The Labute approximate surface area is 99.1 Å². The molecule has 0 bridgehead atoms. The van der Waals surface area contributed by atoms with Crippen LogP contribution in [-0.4, -0.2) is 19.5 Å². The van der Waals surface area contributed by atoms with Gasteiger partial charge in [-0.25, -0.2) is 9.97 Å². The number of pyridine rings is 1. The third-order valence-electron chi connectivity index (χ3n) is 2.53. The van der Waals surface area contributed by atoms with Crippen LogP contribution in [0.5, 0.6) is 0 Å². The number of hydrogen-bond donors (Lipinski definition) is 1. The fourth-order valence-corrected chi connectivity index (χ4v) is 1.52. The molecule has 0 unspecified atom stereocenters. The van der Waals surface area contributed by atoms with Gasteiger partial charge in [-0.1, -0.05) is 12.2 Å². The van der Waals surface area contributed by atoms with Crippen molar-refractivity contribution in [3.63, 3.8) is 0 Å². The Morgan fingerprint density at radius 3 is 2.50 bits per heavy atom. The summed E-state index contributed by atoms with van der Waals surface area (Å²) >= 11 is 4.87. The second kappa shape index (κ2) is 4.02. The van der Waals surface area contributed by atoms with Crippen LogP contribution < -0.4 is 5.73 Å². The summed E-state index contributed by atoms with van der Waals surface area (Å²) in [6.45, 7) is 3.97. The molecule has 2 aromatic heterocycles. The van der Waals surface area contributed by atoms with Crippen LogP contribution >= 0.6 is 12.2 Å². The van der Waals surface area contributed by atoms with Crippen LogP contribution in [0.2, 0.25) is 0 Å². The van der Waals surface area contributed by atoms with Gasteiger partial charge in [0.1, 0.15) is 17.1 Å². The lowest BCUT2D eigenvalue weighted by molar-refractivity contribution is 0.950. The number of hydrogen-bond acceptors (Lipinski definition) is 3. The molecule has 0 saturated carbocycles. The van der Waals surface area contributed by atoms with Crippen LogP contribution in [0, 0.1) is 13.8 Å². The topological polar surface area (TPSA) is 56.7 Å². The van der Waals surface area contributed by atoms with Crippen LogP contribution in [0.25, 0.3) is 5.82 Å². The van der Waals surface area contributed by atoms with E-state index in [0.29, 0.717) is 4.99 Å². The van der Waals surface area contributed by atoms with E-state index in [2.05, 4.69) is 9.97 Å². The van der Waals surface area contributed by atoms with E-state index in [9.17, 15) is 0 Å². The van der Waals surface area contributed by atoms with Crippen molar-refractivity contribution in [3.05, 3.63) is 41.6 Å². The average molecular weight is 232 g/mol. The van der Waals surface area contributed by atoms with E-state index in [1.54, 1.807) is 12.5 Å². The molecule has 0 atom stereocenters. The van der Waals surface area contributed by atoms with Crippen molar-refractivity contribution in [2.75, 3.05) is 0 Å². The summed E-state index contributed by atoms with van der Waals surface area (Å²) in [6.07, 6.45) is 3.43. The molecule has 2 aromatic rings. The van der Waals surface area contributed by atoms with Crippen molar-refractivity contribution in [2.45, 2.75) is 13.8 Å². The van der Waals surface area contributed by atoms with E-state index in [1.807, 2.05) is 30.5 Å². The van der Waals surface area contributed by atoms with Crippen molar-refractivity contribution < 1.29 is 0 Å². The van der Waals surface area contributed by atoms with Crippen molar-refractivity contribution in [3.8, 4) is 5.82 Å². The number of nitrogens with two attached hydrogens (primary N) is 1. The van der Waals surface area contributed by atoms with Crippen LogP contribution in [0.4, 0.5) is 0 Å². The first-order valence-electron chi connectivity index (χ1n) is 4.86. The summed E-state index contributed by atoms with van der Waals surface area (Å²) in [5.41, 5.74) is 8.36. The Hall–Kier alpha value is -1.75. The summed E-state index contributed by atoms with van der Waals surface area (Å²) in [5, 5.41) is 0. The van der Waals surface area contributed by atoms with Gasteiger partial charge in [-0.15, -0.1) is 0 Å². The van der Waals surface area contributed by atoms with Crippen molar-refractivity contribution in [1.82, 2.24) is 14.5 Å². The number of aryl methyl sites for hydroxylation is 1. The Morgan fingerprint density at radius 1 is 1.31 bits per heavy atom. The highest BCUT2D eigenvalue weighted by Crippen LogP contribution is 2.11. The Kier molecular flexibility index (Phi) is 2.70. The molecule has 4 nitrogen and oxygen atoms in total. The second-order valence-corrected chi connectivity index (χ2v) is 3.99. The minimum Gasteiger partial charge on any atom is -0.389 e. The van der Waals surface area contributed by atoms with Gasteiger partial charge in [-0.3, -0.25) is 4.57 Å². The number of rotatable bonds is 2. The molecule has 0 aliphatic carbocycles. The molecule has 82 valence electrons. The maximum absolute atomic E-state index is 5.51. The summed E-state index contributed by atoms with van der Waals surface area (Å²) in [6, 6.07) is 3.74. The summed E-state index contributed by atoms with van der Waals surface area (Å²) < 4.78 is 1.93. The van der Waals surface area contributed by atoms with Crippen LogP contribution in [-0.2, 0) is 0 Å². The lowest BCUT2D eigenvalue weighted by Gasteiger charge is -2.05. The van der Waals surface area contributed by atoms with Gasteiger partial charge in [0.05, 0.1) is 5.69 Å². The maximum atomic E-state index is 5.51. The fraction of sp³-hybridized carbons (Fsp3) is 0.182. The third-order valence-corrected chi connectivity index (χ3v) is 2.77. The van der Waals surface area contributed by atoms with E-state index >= 15 is 0 Å². The van der Waals surface area contributed by atoms with E-state index in [1.165, 1.54) is 0 Å². The van der Waals surface area contributed by atoms with E-state index < -0.39 is 0 Å². The molecule has 0 spiro atoms. The van der Waals surface area contributed by atoms with Crippen molar-refractivity contribution in [2.24, 2.45) is 5.73 Å². The van der Waals surface area contributed by atoms with Gasteiger partial charge in [-0.05, 0) is 26.0 Å². The molecule has 2 rings (SSSR count). The second-order valence-electron chi connectivity index (χ2n) is 3.55. The zero-order valence-electron chi connectivity index (χ0n) is 9.14. The first-order valence-corrected chi connectivity index (χ1v) is 5.27. The molecular weight excluding hydrogens is 220 g/mol. The quantitative estimate of drug-likeness (QED) is 0.798. The smallest absolute Gasteiger partial charge is 0.138 e. The summed E-state index contributed by atoms with van der Waals surface area (Å²) in [4.78, 5) is 8.88. The van der Waals surface area contributed by atoms with Gasteiger partial charge in [0.2, 0.25) is 0 Å². The van der Waals surface area contributed by atoms with Gasteiger partial charge >= 0.3 is 0 Å². The molecule has 0 amide bonds. The third kappa shape index (κ3) is 1.81. The molecular formula is C11H12N4S. The Balaban J connectivity index is 2.42. The van der Waals surface area contributed by atoms with Gasteiger partial charge in [0, 0.05) is 17.5 Å². The SMILES string of the molecule is Cc1ncn(-c2ccc(C(N)=S)cn2)c1C. The lowest BCUT2D eigenvalue weighted by Crippen LogP contribution is -2.10. The largest absolute Gasteiger partial charge is 0.389 e. The predicted octanol–water partition coefficient (Wildman–Crippen LogP) is 1.52. The number of imidazole rings is 1. The highest BCUT2D eigenvalue weighted by molar-refractivity contribution is 7.80. The van der Waals surface area contributed by atoms with Crippen LogP contribution in [0.3, 0.4) is 0 Å². The first-order chi connectivity index (χ1) is 7.59. The first kappa shape index (κ1) is 10.8. The van der Waals surface area contributed by atoms with Gasteiger partial charge in [-0.2, -0.15) is 0 Å². The average Bonchev–Trinajstić information content (AvgIpc) is 2.60. The summed E-state index contributed by atoms with van der Waals surface area (Å²) in [7, 11) is 0. The monoisotopic (exact) mass is 232 g/mol. The van der Waals surface area contributed by atoms with Gasteiger partial charge in [0.25, 0.3) is 0 Å². The highest BCUT2D eigenvalue weighted by atomic mass is 32.1. The van der Waals surface area contributed by atoms with Gasteiger partial charge < -0.3 is 5.73 Å². The molecule has 0 fully saturated rings. The Bertz CT molecular complexity index is 527. The maximum Gasteiger partial charge on any atom is 0.138 e. The predicted molar refractivity (Wildman–Crippen MR) is 66.7 cm³/mol. The standard InChI is InChI=1S/C11H12N4S/c1-7-8(2)15(6-14-7)10-4-3-9(5-13-10)11(12)16/h3-6H,1-2H3,(H2,12,16). The number of aromatic nitrogens is 3. The molecule has 0 aliphatic heterocycles. The number of thiocarbonyl (C=S) groups is 1. The van der Waals surface area contributed by atoms with Crippen LogP contribution in [0.1, 0.15) is 17.0 Å². The lowest BCUT2D eigenvalue weighted by atomic mass is 10.3. The normalized spacial score (nSPS) is 10.4. The number of nitrogens with zero attached hydrogens (tertiary/aromatic N) is 3. The molecule has 0 aromatic carbocycles. The van der Waals surface area contributed by atoms with E-state index in [-0.39, 0.29) is 0 Å². The van der Waals surface area contributed by atoms with Crippen molar-refractivity contribution in [1.29, 1.82) is 0 Å². The zero-order valence-corrected chi connectivity index (χ0v) is 9.95. The minimum absolute atomic E-state index is 0.359. The van der Waals surface area contributed by atoms with Gasteiger partial charge in [0.15, 0.2) is 0 Å². The molecule has 5 heteroatoms. The molecule has 0 aliphatic rings. The van der Waals surface area contributed by atoms with Crippen LogP contribution in [0.15, 0.2) is 24.7 Å². The zero-order chi connectivity index (χ0) is 11.7. The molecule has 0 radical (unpaired) electrons. The minimum atomic E-state index is 0.359. The summed E-state index contributed by atoms with van der Waals surface area (Å²) in [5.74, 6) is 0.818. The Morgan fingerprint density at radius 2 is 2.06 bits per heavy atom. The van der Waals surface area contributed by atoms with E-state index in [0.717, 1.165) is 22.8 Å². The fourth-order valence-electron chi connectivity index (χ4n) is 1.40. The molecule has 2 N–H and O–H groups in total. The van der Waals surface area contributed by atoms with E-state index in [4.69, 9.17) is 18.0 Å². The van der Waals surface area contributed by atoms with Crippen molar-refractivity contribution >= 4 is 17.2 Å².